The van der Waals surface area contributed by atoms with Gasteiger partial charge >= 0.3 is 0 Å². The van der Waals surface area contributed by atoms with E-state index in [1.165, 1.54) is 18.4 Å². The molecule has 0 bridgehead atoms. The maximum Gasteiger partial charge on any atom is 0.0168 e. The Balaban J connectivity index is 1.81. The third-order valence-corrected chi connectivity index (χ3v) is 2.73. The van der Waals surface area contributed by atoms with Crippen LogP contribution in [0.5, 0.6) is 0 Å². The van der Waals surface area contributed by atoms with Gasteiger partial charge in [0.15, 0.2) is 0 Å². The summed E-state index contributed by atoms with van der Waals surface area (Å²) in [4.78, 5) is 0. The molecule has 1 rings (SSSR count). The van der Waals surface area contributed by atoms with Gasteiger partial charge in [0.25, 0.3) is 0 Å². The first-order valence-corrected chi connectivity index (χ1v) is 6.60. The molecule has 0 spiro atoms. The molecule has 0 aromatic carbocycles. The molecular weight excluding hydrogens is 212 g/mol. The van der Waals surface area contributed by atoms with Crippen LogP contribution in [0.4, 0.5) is 0 Å². The van der Waals surface area contributed by atoms with E-state index in [2.05, 4.69) is 34.2 Å². The van der Waals surface area contributed by atoms with Crippen molar-refractivity contribution < 1.29 is 0 Å². The lowest BCUT2D eigenvalue weighted by atomic mass is 10.1. The van der Waals surface area contributed by atoms with Gasteiger partial charge in [-0.15, -0.1) is 0 Å². The minimum absolute atomic E-state index is 0.713. The van der Waals surface area contributed by atoms with Crippen LogP contribution in [-0.2, 0) is 0 Å². The van der Waals surface area contributed by atoms with Gasteiger partial charge in [-0.05, 0) is 12.8 Å². The van der Waals surface area contributed by atoms with Crippen molar-refractivity contribution in [3.05, 3.63) is 23.8 Å². The number of rotatable bonds is 10. The standard InChI is InChI=1S/C13H26N4/c14-6-7-15-8-9-16-10-11-17-12-13-4-2-1-3-5-13/h1-2,4,15-17H,3,5-12,14H2. The fourth-order valence-corrected chi connectivity index (χ4v) is 1.75. The van der Waals surface area contributed by atoms with Gasteiger partial charge in [0.2, 0.25) is 0 Å². The third kappa shape index (κ3) is 8.10. The zero-order valence-corrected chi connectivity index (χ0v) is 10.7. The molecule has 0 aliphatic heterocycles. The molecule has 0 amide bonds. The first kappa shape index (κ1) is 14.4. The van der Waals surface area contributed by atoms with Gasteiger partial charge in [-0.3, -0.25) is 0 Å². The normalized spacial score (nSPS) is 15.0. The monoisotopic (exact) mass is 238 g/mol. The summed E-state index contributed by atoms with van der Waals surface area (Å²) in [5, 5.41) is 10.1. The zero-order valence-electron chi connectivity index (χ0n) is 10.7. The number of allylic oxidation sites excluding steroid dienone is 3. The maximum absolute atomic E-state index is 5.38. The average Bonchev–Trinajstić information content (AvgIpc) is 2.38. The zero-order chi connectivity index (χ0) is 12.2. The van der Waals surface area contributed by atoms with Crippen molar-refractivity contribution in [3.8, 4) is 0 Å². The Kier molecular flexibility index (Phi) is 8.86. The Labute approximate surface area is 105 Å². The number of nitrogens with one attached hydrogen (secondary N) is 3. The van der Waals surface area contributed by atoms with Crippen molar-refractivity contribution in [3.63, 3.8) is 0 Å². The molecule has 0 saturated carbocycles. The van der Waals surface area contributed by atoms with Gasteiger partial charge < -0.3 is 21.7 Å². The predicted octanol–water partition coefficient (Wildman–Crippen LogP) is -0.00970. The van der Waals surface area contributed by atoms with Crippen LogP contribution in [0.3, 0.4) is 0 Å². The van der Waals surface area contributed by atoms with Crippen LogP contribution in [-0.4, -0.2) is 45.8 Å². The average molecular weight is 238 g/mol. The summed E-state index contributed by atoms with van der Waals surface area (Å²) < 4.78 is 0. The van der Waals surface area contributed by atoms with E-state index in [9.17, 15) is 0 Å². The molecule has 98 valence electrons. The SMILES string of the molecule is NCCNCCNCCNCC1=CC=CCC1. The Morgan fingerprint density at radius 1 is 1.00 bits per heavy atom. The van der Waals surface area contributed by atoms with Crippen molar-refractivity contribution in [1.82, 2.24) is 16.0 Å². The first-order valence-electron chi connectivity index (χ1n) is 6.60. The molecule has 0 radical (unpaired) electrons. The molecule has 0 heterocycles. The lowest BCUT2D eigenvalue weighted by Gasteiger charge is -2.11. The lowest BCUT2D eigenvalue weighted by molar-refractivity contribution is 0.590. The van der Waals surface area contributed by atoms with Gasteiger partial charge in [0.1, 0.15) is 0 Å². The quantitative estimate of drug-likeness (QED) is 0.404. The van der Waals surface area contributed by atoms with Crippen molar-refractivity contribution in [2.24, 2.45) is 5.73 Å². The van der Waals surface area contributed by atoms with Crippen LogP contribution in [0.1, 0.15) is 12.8 Å². The molecule has 1 aliphatic carbocycles. The van der Waals surface area contributed by atoms with Crippen molar-refractivity contribution in [2.45, 2.75) is 12.8 Å². The van der Waals surface area contributed by atoms with E-state index in [4.69, 9.17) is 5.73 Å². The summed E-state index contributed by atoms with van der Waals surface area (Å²) >= 11 is 0. The number of hydrogen-bond acceptors (Lipinski definition) is 4. The van der Waals surface area contributed by atoms with E-state index in [0.29, 0.717) is 6.54 Å². The van der Waals surface area contributed by atoms with Crippen LogP contribution < -0.4 is 21.7 Å². The van der Waals surface area contributed by atoms with Crippen LogP contribution in [0.25, 0.3) is 0 Å². The van der Waals surface area contributed by atoms with Gasteiger partial charge in [-0.25, -0.2) is 0 Å². The summed E-state index contributed by atoms with van der Waals surface area (Å²) in [5.41, 5.74) is 6.89. The highest BCUT2D eigenvalue weighted by atomic mass is 15.0. The maximum atomic E-state index is 5.38. The third-order valence-electron chi connectivity index (χ3n) is 2.73. The minimum Gasteiger partial charge on any atom is -0.329 e. The summed E-state index contributed by atoms with van der Waals surface area (Å²) in [6.07, 6.45) is 9.00. The molecule has 0 saturated heterocycles. The van der Waals surface area contributed by atoms with Gasteiger partial charge in [-0.2, -0.15) is 0 Å². The van der Waals surface area contributed by atoms with E-state index in [1.807, 2.05) is 0 Å². The molecule has 0 unspecified atom stereocenters. The van der Waals surface area contributed by atoms with E-state index < -0.39 is 0 Å². The first-order chi connectivity index (χ1) is 8.43. The number of nitrogens with two attached hydrogens (primary N) is 1. The second-order valence-electron chi connectivity index (χ2n) is 4.26. The van der Waals surface area contributed by atoms with E-state index in [1.54, 1.807) is 0 Å². The molecule has 17 heavy (non-hydrogen) atoms. The van der Waals surface area contributed by atoms with Gasteiger partial charge in [-0.1, -0.05) is 23.8 Å². The molecule has 0 aromatic rings. The van der Waals surface area contributed by atoms with Gasteiger partial charge in [0.05, 0.1) is 0 Å². The summed E-state index contributed by atoms with van der Waals surface area (Å²) in [6.45, 7) is 6.69. The topological polar surface area (TPSA) is 62.1 Å². The molecule has 0 aromatic heterocycles. The highest BCUT2D eigenvalue weighted by Gasteiger charge is 1.98. The van der Waals surface area contributed by atoms with Crippen molar-refractivity contribution in [1.29, 1.82) is 0 Å². The summed E-state index contributed by atoms with van der Waals surface area (Å²) in [6, 6.07) is 0. The van der Waals surface area contributed by atoms with E-state index in [0.717, 1.165) is 39.3 Å². The van der Waals surface area contributed by atoms with E-state index in [-0.39, 0.29) is 0 Å². The second-order valence-corrected chi connectivity index (χ2v) is 4.26. The number of hydrogen-bond donors (Lipinski definition) is 4. The Morgan fingerprint density at radius 3 is 2.35 bits per heavy atom. The molecule has 4 heteroatoms. The predicted molar refractivity (Wildman–Crippen MR) is 74.1 cm³/mol. The Morgan fingerprint density at radius 2 is 1.71 bits per heavy atom. The van der Waals surface area contributed by atoms with Crippen LogP contribution in [0, 0.1) is 0 Å². The molecule has 1 aliphatic rings. The van der Waals surface area contributed by atoms with Crippen LogP contribution in [0.2, 0.25) is 0 Å². The summed E-state index contributed by atoms with van der Waals surface area (Å²) in [7, 11) is 0. The fraction of sp³-hybridized carbons (Fsp3) is 0.692. The van der Waals surface area contributed by atoms with Crippen LogP contribution in [0.15, 0.2) is 23.8 Å². The second kappa shape index (κ2) is 10.5. The summed E-state index contributed by atoms with van der Waals surface area (Å²) in [5.74, 6) is 0. The highest BCUT2D eigenvalue weighted by molar-refractivity contribution is 5.18. The Hall–Kier alpha value is -0.680. The molecule has 4 nitrogen and oxygen atoms in total. The molecular formula is C13H26N4. The van der Waals surface area contributed by atoms with Crippen molar-refractivity contribution in [2.75, 3.05) is 45.8 Å². The van der Waals surface area contributed by atoms with E-state index >= 15 is 0 Å². The molecule has 0 fully saturated rings. The lowest BCUT2D eigenvalue weighted by Crippen LogP contribution is -2.34. The smallest absolute Gasteiger partial charge is 0.0168 e. The highest BCUT2D eigenvalue weighted by Crippen LogP contribution is 2.09. The van der Waals surface area contributed by atoms with Gasteiger partial charge in [0, 0.05) is 45.8 Å². The fourth-order valence-electron chi connectivity index (χ4n) is 1.75. The Bertz CT molecular complexity index is 236. The molecule has 0 atom stereocenters. The molecule has 5 N–H and O–H groups in total. The largest absolute Gasteiger partial charge is 0.329 e. The van der Waals surface area contributed by atoms with Crippen LogP contribution >= 0.6 is 0 Å². The van der Waals surface area contributed by atoms with Crippen molar-refractivity contribution >= 4 is 0 Å². The minimum atomic E-state index is 0.713.